The largest absolute Gasteiger partial charge is 0.496 e. The van der Waals surface area contributed by atoms with Gasteiger partial charge in [-0.2, -0.15) is 0 Å². The van der Waals surface area contributed by atoms with Crippen molar-refractivity contribution in [1.29, 1.82) is 0 Å². The lowest BCUT2D eigenvalue weighted by molar-refractivity contribution is 0.173. The molecule has 1 atom stereocenters. The molecule has 2 amide bonds. The van der Waals surface area contributed by atoms with Gasteiger partial charge in [0.15, 0.2) is 0 Å². The fourth-order valence-corrected chi connectivity index (χ4v) is 2.30. The van der Waals surface area contributed by atoms with Crippen LogP contribution < -0.4 is 15.4 Å². The van der Waals surface area contributed by atoms with E-state index in [9.17, 15) is 14.3 Å². The van der Waals surface area contributed by atoms with Gasteiger partial charge in [0.25, 0.3) is 0 Å². The van der Waals surface area contributed by atoms with Gasteiger partial charge in [-0.05, 0) is 35.7 Å². The first kappa shape index (κ1) is 17.7. The van der Waals surface area contributed by atoms with Gasteiger partial charge in [-0.15, -0.1) is 0 Å². The smallest absolute Gasteiger partial charge is 0.314 e. The molecule has 6 heteroatoms. The molecule has 128 valence electrons. The summed E-state index contributed by atoms with van der Waals surface area (Å²) in [6.45, 7) is 0.437. The summed E-state index contributed by atoms with van der Waals surface area (Å²) in [6, 6.07) is 12.9. The van der Waals surface area contributed by atoms with Gasteiger partial charge in [-0.25, -0.2) is 9.18 Å². The van der Waals surface area contributed by atoms with Gasteiger partial charge in [0.05, 0.1) is 13.2 Å². The van der Waals surface area contributed by atoms with Gasteiger partial charge in [-0.3, -0.25) is 0 Å². The van der Waals surface area contributed by atoms with Crippen LogP contribution in [0.5, 0.6) is 5.75 Å². The summed E-state index contributed by atoms with van der Waals surface area (Å²) in [5.41, 5.74) is 1.42. The second-order valence-corrected chi connectivity index (χ2v) is 5.27. The third-order valence-corrected chi connectivity index (χ3v) is 3.56. The van der Waals surface area contributed by atoms with Crippen molar-refractivity contribution in [2.24, 2.45) is 0 Å². The Morgan fingerprint density at radius 2 is 2.00 bits per heavy atom. The molecule has 0 aliphatic heterocycles. The standard InChI is InChI=1S/C18H21FN2O3/c1-24-17-8-3-2-5-13(17)9-10-20-18(23)21-12-16(22)14-6-4-7-15(19)11-14/h2-8,11,16,22H,9-10,12H2,1H3,(H2,20,21,23)/t16-/m1/s1. The Morgan fingerprint density at radius 3 is 2.75 bits per heavy atom. The average molecular weight is 332 g/mol. The molecule has 3 N–H and O–H groups in total. The van der Waals surface area contributed by atoms with E-state index in [2.05, 4.69) is 10.6 Å². The second kappa shape index (κ2) is 8.88. The molecule has 24 heavy (non-hydrogen) atoms. The highest BCUT2D eigenvalue weighted by atomic mass is 19.1. The van der Waals surface area contributed by atoms with Crippen molar-refractivity contribution in [2.75, 3.05) is 20.2 Å². The van der Waals surface area contributed by atoms with Crippen LogP contribution in [-0.4, -0.2) is 31.3 Å². The monoisotopic (exact) mass is 332 g/mol. The van der Waals surface area contributed by atoms with Gasteiger partial charge in [0.2, 0.25) is 0 Å². The lowest BCUT2D eigenvalue weighted by atomic mass is 10.1. The fraction of sp³-hybridized carbons (Fsp3) is 0.278. The molecule has 2 aromatic rings. The Morgan fingerprint density at radius 1 is 1.21 bits per heavy atom. The normalized spacial score (nSPS) is 11.6. The number of para-hydroxylation sites is 1. The third-order valence-electron chi connectivity index (χ3n) is 3.56. The van der Waals surface area contributed by atoms with Crippen molar-refractivity contribution in [3.8, 4) is 5.75 Å². The van der Waals surface area contributed by atoms with E-state index in [1.807, 2.05) is 24.3 Å². The van der Waals surface area contributed by atoms with Crippen molar-refractivity contribution in [3.05, 3.63) is 65.5 Å². The molecule has 0 aliphatic carbocycles. The van der Waals surface area contributed by atoms with E-state index >= 15 is 0 Å². The van der Waals surface area contributed by atoms with Crippen molar-refractivity contribution in [2.45, 2.75) is 12.5 Å². The molecule has 0 aromatic heterocycles. The molecule has 0 bridgehead atoms. The summed E-state index contributed by atoms with van der Waals surface area (Å²) in [5, 5.41) is 15.2. The molecular weight excluding hydrogens is 311 g/mol. The van der Waals surface area contributed by atoms with Gasteiger partial charge in [0, 0.05) is 13.1 Å². The lowest BCUT2D eigenvalue weighted by Gasteiger charge is -2.13. The summed E-state index contributed by atoms with van der Waals surface area (Å²) in [7, 11) is 1.60. The van der Waals surface area contributed by atoms with Crippen LogP contribution >= 0.6 is 0 Å². The van der Waals surface area contributed by atoms with Crippen molar-refractivity contribution < 1.29 is 19.0 Å². The highest BCUT2D eigenvalue weighted by molar-refractivity contribution is 5.73. The Kier molecular flexibility index (Phi) is 6.57. The molecule has 0 aliphatic rings. The van der Waals surface area contributed by atoms with E-state index in [4.69, 9.17) is 4.74 Å². The number of hydrogen-bond donors (Lipinski definition) is 3. The Hall–Kier alpha value is -2.60. The number of nitrogens with one attached hydrogen (secondary N) is 2. The van der Waals surface area contributed by atoms with E-state index in [1.165, 1.54) is 18.2 Å². The number of aliphatic hydroxyl groups is 1. The predicted octanol–water partition coefficient (Wildman–Crippen LogP) is 2.41. The van der Waals surface area contributed by atoms with Crippen LogP contribution in [0.4, 0.5) is 9.18 Å². The fourth-order valence-electron chi connectivity index (χ4n) is 2.30. The van der Waals surface area contributed by atoms with Gasteiger partial charge in [-0.1, -0.05) is 30.3 Å². The Bertz CT molecular complexity index is 679. The maximum absolute atomic E-state index is 13.1. The number of hydrogen-bond acceptors (Lipinski definition) is 3. The minimum atomic E-state index is -0.958. The summed E-state index contributed by atoms with van der Waals surface area (Å²) in [6.07, 6.45) is -0.329. The number of benzene rings is 2. The van der Waals surface area contributed by atoms with Gasteiger partial charge in [0.1, 0.15) is 11.6 Å². The SMILES string of the molecule is COc1ccccc1CCNC(=O)NC[C@@H](O)c1cccc(F)c1. The number of aliphatic hydroxyl groups excluding tert-OH is 1. The van der Waals surface area contributed by atoms with Crippen LogP contribution in [-0.2, 0) is 6.42 Å². The number of methoxy groups -OCH3 is 1. The Labute approximate surface area is 140 Å². The average Bonchev–Trinajstić information content (AvgIpc) is 2.60. The molecule has 2 rings (SSSR count). The minimum Gasteiger partial charge on any atom is -0.496 e. The van der Waals surface area contributed by atoms with E-state index in [0.29, 0.717) is 18.5 Å². The molecule has 0 saturated heterocycles. The maximum Gasteiger partial charge on any atom is 0.314 e. The lowest BCUT2D eigenvalue weighted by Crippen LogP contribution is -2.38. The molecule has 0 heterocycles. The summed E-state index contributed by atoms with van der Waals surface area (Å²) >= 11 is 0. The van der Waals surface area contributed by atoms with Gasteiger partial charge < -0.3 is 20.5 Å². The van der Waals surface area contributed by atoms with E-state index in [0.717, 1.165) is 11.3 Å². The zero-order valence-electron chi connectivity index (χ0n) is 13.5. The van der Waals surface area contributed by atoms with E-state index < -0.39 is 11.9 Å². The summed E-state index contributed by atoms with van der Waals surface area (Å²) in [4.78, 5) is 11.8. The molecule has 0 radical (unpaired) electrons. The molecule has 5 nitrogen and oxygen atoms in total. The zero-order valence-corrected chi connectivity index (χ0v) is 13.5. The first-order chi connectivity index (χ1) is 11.6. The molecular formula is C18H21FN2O3. The molecule has 0 unspecified atom stereocenters. The predicted molar refractivity (Wildman–Crippen MR) is 89.5 cm³/mol. The van der Waals surface area contributed by atoms with Crippen molar-refractivity contribution in [3.63, 3.8) is 0 Å². The quantitative estimate of drug-likeness (QED) is 0.729. The highest BCUT2D eigenvalue weighted by Gasteiger charge is 2.10. The zero-order chi connectivity index (χ0) is 17.4. The third kappa shape index (κ3) is 5.24. The second-order valence-electron chi connectivity index (χ2n) is 5.27. The minimum absolute atomic E-state index is 0.00391. The number of carbonyl (C=O) groups excluding carboxylic acids is 1. The van der Waals surface area contributed by atoms with Crippen LogP contribution in [0.2, 0.25) is 0 Å². The van der Waals surface area contributed by atoms with Crippen LogP contribution in [0, 0.1) is 5.82 Å². The number of rotatable bonds is 7. The maximum atomic E-state index is 13.1. The highest BCUT2D eigenvalue weighted by Crippen LogP contribution is 2.17. The van der Waals surface area contributed by atoms with E-state index in [-0.39, 0.29) is 12.6 Å². The molecule has 0 fully saturated rings. The van der Waals surface area contributed by atoms with Crippen LogP contribution in [0.3, 0.4) is 0 Å². The van der Waals surface area contributed by atoms with Crippen LogP contribution in [0.25, 0.3) is 0 Å². The first-order valence-electron chi connectivity index (χ1n) is 7.67. The first-order valence-corrected chi connectivity index (χ1v) is 7.67. The number of amides is 2. The van der Waals surface area contributed by atoms with Crippen molar-refractivity contribution in [1.82, 2.24) is 10.6 Å². The molecule has 2 aromatic carbocycles. The molecule has 0 spiro atoms. The number of urea groups is 1. The number of carbonyl (C=O) groups is 1. The Balaban J connectivity index is 1.73. The molecule has 0 saturated carbocycles. The summed E-state index contributed by atoms with van der Waals surface area (Å²) in [5.74, 6) is 0.356. The van der Waals surface area contributed by atoms with Crippen LogP contribution in [0.15, 0.2) is 48.5 Å². The van der Waals surface area contributed by atoms with Gasteiger partial charge >= 0.3 is 6.03 Å². The van der Waals surface area contributed by atoms with Crippen LogP contribution in [0.1, 0.15) is 17.2 Å². The summed E-state index contributed by atoms with van der Waals surface area (Å²) < 4.78 is 18.3. The van der Waals surface area contributed by atoms with E-state index in [1.54, 1.807) is 13.2 Å². The topological polar surface area (TPSA) is 70.6 Å². The van der Waals surface area contributed by atoms with Crippen molar-refractivity contribution >= 4 is 6.03 Å². The number of halogens is 1. The number of ether oxygens (including phenoxy) is 1.